The van der Waals surface area contributed by atoms with Gasteiger partial charge in [0.25, 0.3) is 0 Å². The lowest BCUT2D eigenvalue weighted by Crippen LogP contribution is -2.41. The third-order valence-corrected chi connectivity index (χ3v) is 3.11. The van der Waals surface area contributed by atoms with E-state index in [1.165, 1.54) is 0 Å². The predicted octanol–water partition coefficient (Wildman–Crippen LogP) is 1.95. The van der Waals surface area contributed by atoms with E-state index in [1.54, 1.807) is 4.90 Å². The number of hydrogen-bond donors (Lipinski definition) is 1. The minimum atomic E-state index is -0.268. The summed E-state index contributed by atoms with van der Waals surface area (Å²) in [6, 6.07) is 2.13. The number of carbonyl (C=O) groups excluding carboxylic acids is 1. The average molecular weight is 228 g/mol. The fourth-order valence-electron chi connectivity index (χ4n) is 1.22. The van der Waals surface area contributed by atoms with Crippen molar-refractivity contribution in [3.63, 3.8) is 0 Å². The van der Waals surface area contributed by atoms with Crippen LogP contribution in [0.4, 0.5) is 0 Å². The Kier molecular flexibility index (Phi) is 6.42. The van der Waals surface area contributed by atoms with Gasteiger partial charge in [0.15, 0.2) is 0 Å². The van der Waals surface area contributed by atoms with Crippen LogP contribution in [0.3, 0.4) is 0 Å². The first-order valence-electron chi connectivity index (χ1n) is 5.30. The smallest absolute Gasteiger partial charge is 0.235 e. The molecule has 3 nitrogen and oxygen atoms in total. The number of rotatable bonds is 5. The second-order valence-electron chi connectivity index (χ2n) is 4.10. The molecule has 0 radical (unpaired) electrons. The summed E-state index contributed by atoms with van der Waals surface area (Å²) in [7, 11) is 0. The standard InChI is InChI=1S/C11H20N2OS/c1-5-13(7-9(4)6-12)11(14)10(15)8(2)3/h8-10,15H,5,7H2,1-4H3. The number of nitrogens with zero attached hydrogens (tertiary/aromatic N) is 2. The van der Waals surface area contributed by atoms with E-state index in [4.69, 9.17) is 5.26 Å². The topological polar surface area (TPSA) is 44.1 Å². The molecule has 0 aliphatic rings. The summed E-state index contributed by atoms with van der Waals surface area (Å²) < 4.78 is 0. The van der Waals surface area contributed by atoms with E-state index in [1.807, 2.05) is 27.7 Å². The van der Waals surface area contributed by atoms with Gasteiger partial charge in [-0.05, 0) is 19.8 Å². The lowest BCUT2D eigenvalue weighted by Gasteiger charge is -2.26. The molecule has 0 aliphatic carbocycles. The van der Waals surface area contributed by atoms with E-state index >= 15 is 0 Å². The van der Waals surface area contributed by atoms with Crippen LogP contribution in [-0.2, 0) is 4.79 Å². The monoisotopic (exact) mass is 228 g/mol. The van der Waals surface area contributed by atoms with Crippen molar-refractivity contribution in [2.24, 2.45) is 11.8 Å². The van der Waals surface area contributed by atoms with Crippen molar-refractivity contribution >= 4 is 18.5 Å². The molecule has 4 heteroatoms. The molecule has 0 N–H and O–H groups in total. The van der Waals surface area contributed by atoms with Gasteiger partial charge in [0, 0.05) is 13.1 Å². The highest BCUT2D eigenvalue weighted by atomic mass is 32.1. The molecule has 0 bridgehead atoms. The van der Waals surface area contributed by atoms with Crippen LogP contribution in [0.5, 0.6) is 0 Å². The highest BCUT2D eigenvalue weighted by Gasteiger charge is 2.23. The van der Waals surface area contributed by atoms with Gasteiger partial charge in [0.05, 0.1) is 17.2 Å². The second kappa shape index (κ2) is 6.73. The Labute approximate surface area is 97.9 Å². The fraction of sp³-hybridized carbons (Fsp3) is 0.818. The van der Waals surface area contributed by atoms with Crippen molar-refractivity contribution in [2.75, 3.05) is 13.1 Å². The molecule has 2 unspecified atom stereocenters. The van der Waals surface area contributed by atoms with Crippen LogP contribution in [0.15, 0.2) is 0 Å². The second-order valence-corrected chi connectivity index (χ2v) is 4.65. The summed E-state index contributed by atoms with van der Waals surface area (Å²) in [4.78, 5) is 13.6. The minimum absolute atomic E-state index is 0.0259. The van der Waals surface area contributed by atoms with Crippen molar-refractivity contribution in [2.45, 2.75) is 32.9 Å². The molecule has 0 heterocycles. The van der Waals surface area contributed by atoms with Gasteiger partial charge in [-0.25, -0.2) is 0 Å². The summed E-state index contributed by atoms with van der Waals surface area (Å²) in [6.07, 6.45) is 0. The van der Waals surface area contributed by atoms with Crippen molar-refractivity contribution in [3.05, 3.63) is 0 Å². The minimum Gasteiger partial charge on any atom is -0.341 e. The van der Waals surface area contributed by atoms with Crippen LogP contribution in [0.25, 0.3) is 0 Å². The van der Waals surface area contributed by atoms with Gasteiger partial charge in [-0.15, -0.1) is 0 Å². The van der Waals surface area contributed by atoms with E-state index in [-0.39, 0.29) is 23.0 Å². The Balaban J connectivity index is 4.42. The largest absolute Gasteiger partial charge is 0.341 e. The van der Waals surface area contributed by atoms with E-state index in [9.17, 15) is 4.79 Å². The number of carbonyl (C=O) groups is 1. The zero-order valence-electron chi connectivity index (χ0n) is 9.90. The van der Waals surface area contributed by atoms with E-state index < -0.39 is 0 Å². The summed E-state index contributed by atoms with van der Waals surface area (Å²) in [6.45, 7) is 8.81. The molecule has 15 heavy (non-hydrogen) atoms. The molecule has 0 spiro atoms. The van der Waals surface area contributed by atoms with Gasteiger partial charge in [-0.1, -0.05) is 13.8 Å². The van der Waals surface area contributed by atoms with E-state index in [2.05, 4.69) is 18.7 Å². The first-order chi connectivity index (χ1) is 6.93. The molecule has 0 rings (SSSR count). The third-order valence-electron chi connectivity index (χ3n) is 2.29. The Morgan fingerprint density at radius 2 is 2.00 bits per heavy atom. The Morgan fingerprint density at radius 1 is 1.47 bits per heavy atom. The Bertz CT molecular complexity index is 247. The normalized spacial score (nSPS) is 14.5. The molecular formula is C11H20N2OS. The highest BCUT2D eigenvalue weighted by molar-refractivity contribution is 7.81. The van der Waals surface area contributed by atoms with Crippen LogP contribution in [0, 0.1) is 23.2 Å². The number of thiol groups is 1. The molecule has 1 amide bonds. The molecular weight excluding hydrogens is 208 g/mol. The quantitative estimate of drug-likeness (QED) is 0.731. The van der Waals surface area contributed by atoms with E-state index in [0.717, 1.165) is 0 Å². The molecule has 86 valence electrons. The summed E-state index contributed by atoms with van der Waals surface area (Å²) >= 11 is 4.29. The maximum atomic E-state index is 11.9. The Hall–Kier alpha value is -0.690. The molecule has 2 atom stereocenters. The molecule has 0 aromatic carbocycles. The first-order valence-corrected chi connectivity index (χ1v) is 5.82. The summed E-state index contributed by atoms with van der Waals surface area (Å²) in [5.74, 6) is 0.117. The van der Waals surface area contributed by atoms with Crippen LogP contribution >= 0.6 is 12.6 Å². The maximum absolute atomic E-state index is 11.9. The van der Waals surface area contributed by atoms with Gasteiger partial charge in [-0.3, -0.25) is 4.79 Å². The zero-order chi connectivity index (χ0) is 12.0. The van der Waals surface area contributed by atoms with Crippen molar-refractivity contribution in [3.8, 4) is 6.07 Å². The van der Waals surface area contributed by atoms with Crippen molar-refractivity contribution in [1.29, 1.82) is 5.26 Å². The molecule has 0 aromatic heterocycles. The van der Waals surface area contributed by atoms with Gasteiger partial charge in [0.2, 0.25) is 5.91 Å². The summed E-state index contributed by atoms with van der Waals surface area (Å²) in [5, 5.41) is 8.43. The van der Waals surface area contributed by atoms with Gasteiger partial charge in [0.1, 0.15) is 0 Å². The predicted molar refractivity (Wildman–Crippen MR) is 64.6 cm³/mol. The van der Waals surface area contributed by atoms with Gasteiger partial charge >= 0.3 is 0 Å². The fourth-order valence-corrected chi connectivity index (χ4v) is 1.38. The van der Waals surface area contributed by atoms with Crippen LogP contribution in [-0.4, -0.2) is 29.1 Å². The Morgan fingerprint density at radius 3 is 2.33 bits per heavy atom. The van der Waals surface area contributed by atoms with Crippen LogP contribution in [0.2, 0.25) is 0 Å². The van der Waals surface area contributed by atoms with Crippen molar-refractivity contribution < 1.29 is 4.79 Å². The summed E-state index contributed by atoms with van der Waals surface area (Å²) in [5.41, 5.74) is 0. The zero-order valence-corrected chi connectivity index (χ0v) is 10.8. The van der Waals surface area contributed by atoms with Crippen LogP contribution in [0.1, 0.15) is 27.7 Å². The first kappa shape index (κ1) is 14.3. The van der Waals surface area contributed by atoms with E-state index in [0.29, 0.717) is 13.1 Å². The third kappa shape index (κ3) is 4.57. The highest BCUT2D eigenvalue weighted by Crippen LogP contribution is 2.13. The molecule has 0 saturated carbocycles. The van der Waals surface area contributed by atoms with Gasteiger partial charge < -0.3 is 4.90 Å². The number of hydrogen-bond acceptors (Lipinski definition) is 3. The lowest BCUT2D eigenvalue weighted by atomic mass is 10.1. The molecule has 0 fully saturated rings. The number of amides is 1. The number of nitriles is 1. The lowest BCUT2D eigenvalue weighted by molar-refractivity contribution is -0.131. The van der Waals surface area contributed by atoms with Crippen LogP contribution < -0.4 is 0 Å². The average Bonchev–Trinajstić information content (AvgIpc) is 2.23. The molecule has 0 saturated heterocycles. The molecule has 0 aliphatic heterocycles. The SMILES string of the molecule is CCN(CC(C)C#N)C(=O)C(S)C(C)C. The van der Waals surface area contributed by atoms with Crippen molar-refractivity contribution in [1.82, 2.24) is 4.90 Å². The maximum Gasteiger partial charge on any atom is 0.235 e. The molecule has 0 aromatic rings. The van der Waals surface area contributed by atoms with Gasteiger partial charge in [-0.2, -0.15) is 17.9 Å².